The lowest BCUT2D eigenvalue weighted by Gasteiger charge is -2.10. The van der Waals surface area contributed by atoms with Gasteiger partial charge in [0.1, 0.15) is 29.4 Å². The number of anilines is 2. The predicted molar refractivity (Wildman–Crippen MR) is 101 cm³/mol. The molecule has 0 fully saturated rings. The summed E-state index contributed by atoms with van der Waals surface area (Å²) in [5, 5.41) is 13.7. The summed E-state index contributed by atoms with van der Waals surface area (Å²) >= 11 is 6.22. The highest BCUT2D eigenvalue weighted by Gasteiger charge is 2.13. The SMILES string of the molecule is CN(C)C(=O)C(C#N)=Cc1cc(Nc2ncnc3[nH]ccc23)ccc1Cl. The van der Waals surface area contributed by atoms with E-state index in [9.17, 15) is 10.1 Å². The highest BCUT2D eigenvalue weighted by molar-refractivity contribution is 6.32. The summed E-state index contributed by atoms with van der Waals surface area (Å²) in [5.74, 6) is 0.255. The fourth-order valence-electron chi connectivity index (χ4n) is 2.38. The first-order chi connectivity index (χ1) is 12.5. The summed E-state index contributed by atoms with van der Waals surface area (Å²) in [6.07, 6.45) is 4.72. The molecule has 2 aromatic heterocycles. The zero-order valence-corrected chi connectivity index (χ0v) is 14.9. The second-order valence-electron chi connectivity index (χ2n) is 5.69. The van der Waals surface area contributed by atoms with Gasteiger partial charge in [-0.2, -0.15) is 5.26 Å². The molecule has 1 amide bonds. The van der Waals surface area contributed by atoms with E-state index in [4.69, 9.17) is 11.6 Å². The number of hydrogen-bond donors (Lipinski definition) is 2. The zero-order chi connectivity index (χ0) is 18.7. The van der Waals surface area contributed by atoms with E-state index in [1.165, 1.54) is 17.3 Å². The van der Waals surface area contributed by atoms with Crippen LogP contribution in [0.25, 0.3) is 17.1 Å². The van der Waals surface area contributed by atoms with Crippen molar-refractivity contribution in [1.82, 2.24) is 19.9 Å². The predicted octanol–water partition coefficient (Wildman–Crippen LogP) is 3.35. The number of nitrogens with one attached hydrogen (secondary N) is 2. The van der Waals surface area contributed by atoms with Crippen LogP contribution in [-0.4, -0.2) is 39.9 Å². The van der Waals surface area contributed by atoms with Crippen LogP contribution in [0.1, 0.15) is 5.56 Å². The van der Waals surface area contributed by atoms with Crippen LogP contribution >= 0.6 is 11.6 Å². The molecule has 0 unspecified atom stereocenters. The number of H-pyrrole nitrogens is 1. The molecule has 7 nitrogen and oxygen atoms in total. The van der Waals surface area contributed by atoms with Crippen LogP contribution < -0.4 is 5.32 Å². The van der Waals surface area contributed by atoms with E-state index in [2.05, 4.69) is 20.3 Å². The van der Waals surface area contributed by atoms with Crippen molar-refractivity contribution >= 4 is 46.1 Å². The van der Waals surface area contributed by atoms with Crippen LogP contribution in [-0.2, 0) is 4.79 Å². The Morgan fingerprint density at radius 3 is 2.88 bits per heavy atom. The summed E-state index contributed by atoms with van der Waals surface area (Å²) in [4.78, 5) is 24.8. The van der Waals surface area contributed by atoms with Crippen LogP contribution in [0, 0.1) is 11.3 Å². The van der Waals surface area contributed by atoms with Crippen LogP contribution in [0.4, 0.5) is 11.5 Å². The third-order valence-corrected chi connectivity index (χ3v) is 4.01. The highest BCUT2D eigenvalue weighted by atomic mass is 35.5. The molecule has 130 valence electrons. The Labute approximate surface area is 154 Å². The average Bonchev–Trinajstić information content (AvgIpc) is 3.11. The molecule has 0 aliphatic rings. The quantitative estimate of drug-likeness (QED) is 0.545. The lowest BCUT2D eigenvalue weighted by molar-refractivity contribution is -0.124. The molecule has 3 rings (SSSR count). The minimum atomic E-state index is -0.383. The first-order valence-corrected chi connectivity index (χ1v) is 8.05. The molecule has 0 aliphatic heterocycles. The summed E-state index contributed by atoms with van der Waals surface area (Å²) in [7, 11) is 3.18. The van der Waals surface area contributed by atoms with E-state index in [0.29, 0.717) is 16.4 Å². The van der Waals surface area contributed by atoms with E-state index in [1.54, 1.807) is 38.5 Å². The number of aromatic nitrogens is 3. The number of aromatic amines is 1. The molecular formula is C18H15ClN6O. The normalized spacial score (nSPS) is 11.2. The first-order valence-electron chi connectivity index (χ1n) is 7.67. The van der Waals surface area contributed by atoms with E-state index in [1.807, 2.05) is 12.1 Å². The maximum atomic E-state index is 12.0. The smallest absolute Gasteiger partial charge is 0.264 e. The van der Waals surface area contributed by atoms with Gasteiger partial charge in [0.25, 0.3) is 5.91 Å². The van der Waals surface area contributed by atoms with E-state index in [-0.39, 0.29) is 11.5 Å². The third-order valence-electron chi connectivity index (χ3n) is 3.67. The van der Waals surface area contributed by atoms with Gasteiger partial charge in [-0.1, -0.05) is 11.6 Å². The van der Waals surface area contributed by atoms with Crippen molar-refractivity contribution in [3.8, 4) is 6.07 Å². The van der Waals surface area contributed by atoms with Gasteiger partial charge in [0.15, 0.2) is 0 Å². The number of carbonyl (C=O) groups is 1. The molecule has 8 heteroatoms. The summed E-state index contributed by atoms with van der Waals surface area (Å²) in [6.45, 7) is 0. The molecule has 26 heavy (non-hydrogen) atoms. The Bertz CT molecular complexity index is 1050. The molecule has 1 aromatic carbocycles. The van der Waals surface area contributed by atoms with Crippen molar-refractivity contribution in [2.45, 2.75) is 0 Å². The van der Waals surface area contributed by atoms with Gasteiger partial charge in [0.05, 0.1) is 5.39 Å². The number of carbonyl (C=O) groups excluding carboxylic acids is 1. The van der Waals surface area contributed by atoms with Crippen LogP contribution in [0.2, 0.25) is 5.02 Å². The molecule has 3 aromatic rings. The molecule has 0 bridgehead atoms. The zero-order valence-electron chi connectivity index (χ0n) is 14.1. The summed E-state index contributed by atoms with van der Waals surface area (Å²) in [5.41, 5.74) is 2.00. The molecule has 0 spiro atoms. The number of likely N-dealkylation sites (N-methyl/N-ethyl adjacent to an activating group) is 1. The Morgan fingerprint density at radius 1 is 1.35 bits per heavy atom. The van der Waals surface area contributed by atoms with Crippen molar-refractivity contribution in [2.24, 2.45) is 0 Å². The number of hydrogen-bond acceptors (Lipinski definition) is 5. The Balaban J connectivity index is 1.97. The van der Waals surface area contributed by atoms with E-state index < -0.39 is 0 Å². The Kier molecular flexibility index (Phi) is 4.87. The number of amides is 1. The minimum Gasteiger partial charge on any atom is -0.346 e. The molecule has 2 heterocycles. The number of rotatable bonds is 4. The van der Waals surface area contributed by atoms with Gasteiger partial charge in [0.2, 0.25) is 0 Å². The standard InChI is InChI=1S/C18H15ClN6O/c1-25(2)18(26)12(9-20)7-11-8-13(3-4-15(11)19)24-17-14-5-6-21-16(14)22-10-23-17/h3-8,10H,1-2H3,(H2,21,22,23,24). The average molecular weight is 367 g/mol. The number of benzene rings is 1. The van der Waals surface area contributed by atoms with Gasteiger partial charge < -0.3 is 15.2 Å². The van der Waals surface area contributed by atoms with Crippen LogP contribution in [0.15, 0.2) is 42.4 Å². The second-order valence-corrected chi connectivity index (χ2v) is 6.10. The highest BCUT2D eigenvalue weighted by Crippen LogP contribution is 2.27. The number of halogens is 1. The molecule has 2 N–H and O–H groups in total. The van der Waals surface area contributed by atoms with Crippen LogP contribution in [0.3, 0.4) is 0 Å². The van der Waals surface area contributed by atoms with Gasteiger partial charge in [0, 0.05) is 31.0 Å². The van der Waals surface area contributed by atoms with Crippen molar-refractivity contribution in [3.05, 3.63) is 52.9 Å². The number of nitrogens with zero attached hydrogens (tertiary/aromatic N) is 4. The molecule has 0 radical (unpaired) electrons. The second kappa shape index (κ2) is 7.25. The lowest BCUT2D eigenvalue weighted by atomic mass is 10.1. The van der Waals surface area contributed by atoms with Crippen LogP contribution in [0.5, 0.6) is 0 Å². The minimum absolute atomic E-state index is 0.00381. The van der Waals surface area contributed by atoms with Crippen molar-refractivity contribution in [1.29, 1.82) is 5.26 Å². The molecule has 0 aliphatic carbocycles. The van der Waals surface area contributed by atoms with Gasteiger partial charge in [-0.15, -0.1) is 0 Å². The molecule has 0 atom stereocenters. The van der Waals surface area contributed by atoms with Crippen molar-refractivity contribution < 1.29 is 4.79 Å². The molecule has 0 saturated carbocycles. The number of nitriles is 1. The van der Waals surface area contributed by atoms with Gasteiger partial charge in [-0.3, -0.25) is 4.79 Å². The summed E-state index contributed by atoms with van der Waals surface area (Å²) in [6, 6.07) is 9.03. The Morgan fingerprint density at radius 2 is 2.15 bits per heavy atom. The summed E-state index contributed by atoms with van der Waals surface area (Å²) < 4.78 is 0. The van der Waals surface area contributed by atoms with Crippen molar-refractivity contribution in [3.63, 3.8) is 0 Å². The van der Waals surface area contributed by atoms with E-state index in [0.717, 1.165) is 16.7 Å². The first kappa shape index (κ1) is 17.5. The molecular weight excluding hydrogens is 352 g/mol. The molecule has 0 saturated heterocycles. The van der Waals surface area contributed by atoms with E-state index >= 15 is 0 Å². The van der Waals surface area contributed by atoms with Gasteiger partial charge in [-0.05, 0) is 35.9 Å². The third kappa shape index (κ3) is 3.50. The maximum Gasteiger partial charge on any atom is 0.264 e. The fourth-order valence-corrected chi connectivity index (χ4v) is 2.55. The van der Waals surface area contributed by atoms with Gasteiger partial charge in [-0.25, -0.2) is 9.97 Å². The monoisotopic (exact) mass is 366 g/mol. The topological polar surface area (TPSA) is 97.7 Å². The maximum absolute atomic E-state index is 12.0. The largest absolute Gasteiger partial charge is 0.346 e. The van der Waals surface area contributed by atoms with Crippen molar-refractivity contribution in [2.75, 3.05) is 19.4 Å². The van der Waals surface area contributed by atoms with Gasteiger partial charge >= 0.3 is 0 Å². The fraction of sp³-hybridized carbons (Fsp3) is 0.111. The Hall–Kier alpha value is -3.37. The number of fused-ring (bicyclic) bond motifs is 1. The lowest BCUT2D eigenvalue weighted by Crippen LogP contribution is -2.22.